The first-order valence-electron chi connectivity index (χ1n) is 6.01. The van der Waals surface area contributed by atoms with E-state index in [0.29, 0.717) is 6.42 Å². The van der Waals surface area contributed by atoms with E-state index in [1.807, 2.05) is 31.4 Å². The molecule has 1 aromatic carbocycles. The van der Waals surface area contributed by atoms with Crippen molar-refractivity contribution in [3.63, 3.8) is 0 Å². The van der Waals surface area contributed by atoms with Gasteiger partial charge in [0.1, 0.15) is 5.25 Å². The number of methoxy groups -OCH3 is 1. The van der Waals surface area contributed by atoms with Gasteiger partial charge in [-0.2, -0.15) is 0 Å². The molecule has 0 fully saturated rings. The summed E-state index contributed by atoms with van der Waals surface area (Å²) in [7, 11) is 1.39. The highest BCUT2D eigenvalue weighted by Gasteiger charge is 2.32. The highest BCUT2D eigenvalue weighted by Crippen LogP contribution is 2.32. The number of esters is 1. The van der Waals surface area contributed by atoms with E-state index in [1.54, 1.807) is 11.8 Å². The van der Waals surface area contributed by atoms with Crippen molar-refractivity contribution in [3.05, 3.63) is 29.3 Å². The molecule has 1 aliphatic heterocycles. The van der Waals surface area contributed by atoms with Crippen molar-refractivity contribution >= 4 is 35.3 Å². The number of carbonyl (C=O) groups excluding carboxylic acids is 2. The average Bonchev–Trinajstić information content (AvgIpc) is 2.55. The summed E-state index contributed by atoms with van der Waals surface area (Å²) in [6.07, 6.45) is 2.55. The number of benzene rings is 1. The molecule has 5 heteroatoms. The third-order valence-corrected chi connectivity index (χ3v) is 5.22. The van der Waals surface area contributed by atoms with Gasteiger partial charge in [-0.05, 0) is 43.4 Å². The van der Waals surface area contributed by atoms with Crippen LogP contribution in [0.15, 0.2) is 23.1 Å². The largest absolute Gasteiger partial charge is 0.468 e. The van der Waals surface area contributed by atoms with E-state index in [2.05, 4.69) is 0 Å². The van der Waals surface area contributed by atoms with Gasteiger partial charge >= 0.3 is 5.97 Å². The highest BCUT2D eigenvalue weighted by atomic mass is 32.2. The van der Waals surface area contributed by atoms with Crippen molar-refractivity contribution in [2.24, 2.45) is 0 Å². The van der Waals surface area contributed by atoms with Crippen molar-refractivity contribution < 1.29 is 14.3 Å². The maximum absolute atomic E-state index is 12.3. The van der Waals surface area contributed by atoms with Crippen LogP contribution in [-0.2, 0) is 16.0 Å². The molecule has 2 rings (SSSR count). The van der Waals surface area contributed by atoms with Crippen LogP contribution in [0.1, 0.15) is 22.8 Å². The summed E-state index contributed by atoms with van der Waals surface area (Å²) < 4.78 is 4.82. The molecule has 0 N–H and O–H groups in total. The first kappa shape index (κ1) is 14.5. The Morgan fingerprint density at radius 2 is 2.21 bits per heavy atom. The molecule has 0 aliphatic carbocycles. The zero-order chi connectivity index (χ0) is 14.0. The quantitative estimate of drug-likeness (QED) is 0.620. The normalized spacial score (nSPS) is 22.6. The zero-order valence-corrected chi connectivity index (χ0v) is 12.8. The fourth-order valence-electron chi connectivity index (χ4n) is 2.15. The Morgan fingerprint density at radius 3 is 2.84 bits per heavy atom. The van der Waals surface area contributed by atoms with Gasteiger partial charge in [0, 0.05) is 10.5 Å². The molecule has 0 aromatic heterocycles. The molecule has 1 heterocycles. The molecule has 0 radical (unpaired) electrons. The lowest BCUT2D eigenvalue weighted by Gasteiger charge is -2.13. The van der Waals surface area contributed by atoms with Gasteiger partial charge in [-0.1, -0.05) is 0 Å². The summed E-state index contributed by atoms with van der Waals surface area (Å²) in [5.41, 5.74) is 1.69. The third-order valence-electron chi connectivity index (χ3n) is 3.18. The molecule has 3 nitrogen and oxygen atoms in total. The van der Waals surface area contributed by atoms with Crippen LogP contribution < -0.4 is 0 Å². The molecule has 0 amide bonds. The number of hydrogen-bond acceptors (Lipinski definition) is 5. The van der Waals surface area contributed by atoms with Crippen LogP contribution in [0.3, 0.4) is 0 Å². The fourth-order valence-corrected chi connectivity index (χ4v) is 3.84. The summed E-state index contributed by atoms with van der Waals surface area (Å²) in [5.74, 6) is -0.161. The lowest BCUT2D eigenvalue weighted by atomic mass is 9.98. The molecular weight excluding hydrogens is 280 g/mol. The second-order valence-electron chi connectivity index (χ2n) is 4.38. The topological polar surface area (TPSA) is 43.4 Å². The predicted molar refractivity (Wildman–Crippen MR) is 79.1 cm³/mol. The molecule has 0 unspecified atom stereocenters. The summed E-state index contributed by atoms with van der Waals surface area (Å²) in [6.45, 7) is 1.85. The number of rotatable bonds is 2. The van der Waals surface area contributed by atoms with Crippen LogP contribution >= 0.6 is 23.5 Å². The standard InChI is InChI=1S/C14H16O3S2/c1-8-13(15)11-5-4-10(18-3)6-9(11)7-12(19-8)14(16)17-2/h4-6,8,12H,7H2,1-3H3/t8-,12+/m0/s1. The molecule has 0 saturated heterocycles. The molecule has 102 valence electrons. The molecule has 1 aliphatic rings. The highest BCUT2D eigenvalue weighted by molar-refractivity contribution is 8.01. The number of ether oxygens (including phenoxy) is 1. The summed E-state index contributed by atoms with van der Waals surface area (Å²) in [6, 6.07) is 5.84. The smallest absolute Gasteiger partial charge is 0.319 e. The minimum Gasteiger partial charge on any atom is -0.468 e. The Labute approximate surface area is 121 Å². The van der Waals surface area contributed by atoms with E-state index >= 15 is 0 Å². The van der Waals surface area contributed by atoms with E-state index in [1.165, 1.54) is 18.9 Å². The van der Waals surface area contributed by atoms with Crippen LogP contribution in [0.5, 0.6) is 0 Å². The number of fused-ring (bicyclic) bond motifs is 1. The Bertz CT molecular complexity index is 513. The Balaban J connectivity index is 2.42. The van der Waals surface area contributed by atoms with Gasteiger partial charge in [0.25, 0.3) is 0 Å². The summed E-state index contributed by atoms with van der Waals surface area (Å²) in [5, 5.41) is -0.521. The van der Waals surface area contributed by atoms with E-state index in [4.69, 9.17) is 4.74 Å². The van der Waals surface area contributed by atoms with Crippen molar-refractivity contribution in [1.82, 2.24) is 0 Å². The molecule has 0 saturated carbocycles. The van der Waals surface area contributed by atoms with Gasteiger partial charge in [-0.3, -0.25) is 9.59 Å². The maximum Gasteiger partial charge on any atom is 0.319 e. The van der Waals surface area contributed by atoms with Crippen LogP contribution in [0.4, 0.5) is 0 Å². The molecule has 2 atom stereocenters. The molecule has 0 bridgehead atoms. The monoisotopic (exact) mass is 296 g/mol. The van der Waals surface area contributed by atoms with Crippen LogP contribution in [-0.4, -0.2) is 35.6 Å². The minimum atomic E-state index is -0.303. The number of thioether (sulfide) groups is 2. The van der Waals surface area contributed by atoms with Gasteiger partial charge in [0.2, 0.25) is 0 Å². The van der Waals surface area contributed by atoms with Crippen molar-refractivity contribution in [2.75, 3.05) is 13.4 Å². The van der Waals surface area contributed by atoms with Gasteiger partial charge in [0.05, 0.1) is 12.4 Å². The van der Waals surface area contributed by atoms with Crippen LogP contribution in [0, 0.1) is 0 Å². The van der Waals surface area contributed by atoms with Gasteiger partial charge in [-0.15, -0.1) is 23.5 Å². The van der Waals surface area contributed by atoms with Gasteiger partial charge in [0.15, 0.2) is 5.78 Å². The molecule has 1 aromatic rings. The van der Waals surface area contributed by atoms with Crippen molar-refractivity contribution in [1.29, 1.82) is 0 Å². The predicted octanol–water partition coefficient (Wildman–Crippen LogP) is 2.81. The Hall–Kier alpha value is -0.940. The maximum atomic E-state index is 12.3. The van der Waals surface area contributed by atoms with E-state index in [9.17, 15) is 9.59 Å². The number of Topliss-reactive ketones (excluding diaryl/α,β-unsaturated/α-hetero) is 1. The zero-order valence-electron chi connectivity index (χ0n) is 11.1. The molecule has 0 spiro atoms. The van der Waals surface area contributed by atoms with E-state index in [-0.39, 0.29) is 22.3 Å². The molecule has 19 heavy (non-hydrogen) atoms. The fraction of sp³-hybridized carbons (Fsp3) is 0.429. The number of carbonyl (C=O) groups is 2. The second-order valence-corrected chi connectivity index (χ2v) is 6.81. The lowest BCUT2D eigenvalue weighted by molar-refractivity contribution is -0.139. The first-order chi connectivity index (χ1) is 9.06. The van der Waals surface area contributed by atoms with Crippen molar-refractivity contribution in [3.8, 4) is 0 Å². The number of ketones is 1. The first-order valence-corrected chi connectivity index (χ1v) is 8.18. The SMILES string of the molecule is COC(=O)[C@H]1Cc2cc(SC)ccc2C(=O)[C@H](C)S1. The van der Waals surface area contributed by atoms with Gasteiger partial charge in [-0.25, -0.2) is 0 Å². The second kappa shape index (κ2) is 6.01. The van der Waals surface area contributed by atoms with E-state index in [0.717, 1.165) is 16.0 Å². The van der Waals surface area contributed by atoms with Crippen LogP contribution in [0.25, 0.3) is 0 Å². The van der Waals surface area contributed by atoms with Crippen molar-refractivity contribution in [2.45, 2.75) is 28.7 Å². The third kappa shape index (κ3) is 2.98. The summed E-state index contributed by atoms with van der Waals surface area (Å²) in [4.78, 5) is 25.2. The van der Waals surface area contributed by atoms with Gasteiger partial charge < -0.3 is 4.74 Å². The average molecular weight is 296 g/mol. The Kier molecular flexibility index (Phi) is 4.58. The molecular formula is C14H16O3S2. The lowest BCUT2D eigenvalue weighted by Crippen LogP contribution is -2.23. The summed E-state index contributed by atoms with van der Waals surface area (Å²) >= 11 is 3.02. The number of hydrogen-bond donors (Lipinski definition) is 0. The Morgan fingerprint density at radius 1 is 1.47 bits per heavy atom. The minimum absolute atomic E-state index is 0.0963. The van der Waals surface area contributed by atoms with Crippen LogP contribution in [0.2, 0.25) is 0 Å². The van der Waals surface area contributed by atoms with E-state index < -0.39 is 0 Å².